The number of phosphoric acid groups is 1. The maximum Gasteiger partial charge on any atom is 0.472 e. The van der Waals surface area contributed by atoms with Crippen molar-refractivity contribution in [2.45, 2.75) is 12.8 Å². The summed E-state index contributed by atoms with van der Waals surface area (Å²) in [5.41, 5.74) is 0. The van der Waals surface area contributed by atoms with E-state index in [1.165, 1.54) is 0 Å². The molecule has 0 bridgehead atoms. The lowest BCUT2D eigenvalue weighted by molar-refractivity contribution is -0.137. The quantitative estimate of drug-likeness (QED) is 0.201. The van der Waals surface area contributed by atoms with Crippen LogP contribution in [-0.2, 0) is 32.7 Å². The van der Waals surface area contributed by atoms with Crippen LogP contribution in [0.2, 0.25) is 0 Å². The van der Waals surface area contributed by atoms with Crippen LogP contribution in [0.25, 0.3) is 0 Å². The molecule has 0 aliphatic rings. The molecule has 0 amide bonds. The molecule has 0 aromatic carbocycles. The molecule has 0 aromatic rings. The van der Waals surface area contributed by atoms with Crippen molar-refractivity contribution < 1.29 is 37.6 Å². The fourth-order valence-electron chi connectivity index (χ4n) is 0.928. The standard InChI is InChI=1S/C12H15O8P/c1-3-11(13)17-7-5-9-19-21(15,16)20-10-6-8-18-12(14)4-2/h1-2H,5-10H2,(H,15,16). The third kappa shape index (κ3) is 11.7. The van der Waals surface area contributed by atoms with Crippen LogP contribution >= 0.6 is 7.82 Å². The summed E-state index contributed by atoms with van der Waals surface area (Å²) in [6.07, 6.45) is 9.88. The van der Waals surface area contributed by atoms with Crippen molar-refractivity contribution in [1.29, 1.82) is 0 Å². The van der Waals surface area contributed by atoms with Crippen molar-refractivity contribution >= 4 is 19.8 Å². The number of carbonyl (C=O) groups is 2. The lowest BCUT2D eigenvalue weighted by Gasteiger charge is -2.11. The maximum atomic E-state index is 11.4. The van der Waals surface area contributed by atoms with Crippen LogP contribution in [0.3, 0.4) is 0 Å². The number of hydrogen-bond donors (Lipinski definition) is 1. The van der Waals surface area contributed by atoms with Crippen molar-refractivity contribution in [3.63, 3.8) is 0 Å². The second-order valence-corrected chi connectivity index (χ2v) is 4.86. The molecule has 116 valence electrons. The largest absolute Gasteiger partial charge is 0.472 e. The number of ether oxygens (including phenoxy) is 2. The lowest BCUT2D eigenvalue weighted by atomic mass is 10.5. The van der Waals surface area contributed by atoms with Gasteiger partial charge in [-0.2, -0.15) is 0 Å². The van der Waals surface area contributed by atoms with Gasteiger partial charge in [0.1, 0.15) is 0 Å². The average Bonchev–Trinajstić information content (AvgIpc) is 2.45. The van der Waals surface area contributed by atoms with Crippen molar-refractivity contribution in [2.24, 2.45) is 0 Å². The Balaban J connectivity index is 3.63. The van der Waals surface area contributed by atoms with Gasteiger partial charge in [-0.25, -0.2) is 14.2 Å². The first kappa shape index (κ1) is 19.2. The molecular formula is C12H15O8P. The van der Waals surface area contributed by atoms with Crippen molar-refractivity contribution in [3.05, 3.63) is 0 Å². The van der Waals surface area contributed by atoms with Crippen LogP contribution in [0.5, 0.6) is 0 Å². The van der Waals surface area contributed by atoms with Crippen LogP contribution in [-0.4, -0.2) is 43.3 Å². The minimum atomic E-state index is -4.20. The first-order valence-corrected chi connectivity index (χ1v) is 7.29. The van der Waals surface area contributed by atoms with Gasteiger partial charge in [-0.15, -0.1) is 12.8 Å². The zero-order chi connectivity index (χ0) is 16.1. The predicted octanol–water partition coefficient (Wildman–Crippen LogP) is 0.253. The van der Waals surface area contributed by atoms with Crippen LogP contribution in [0.1, 0.15) is 12.8 Å². The highest BCUT2D eigenvalue weighted by atomic mass is 31.2. The molecule has 0 radical (unpaired) electrons. The van der Waals surface area contributed by atoms with Crippen LogP contribution in [0.15, 0.2) is 0 Å². The average molecular weight is 318 g/mol. The summed E-state index contributed by atoms with van der Waals surface area (Å²) in [4.78, 5) is 30.4. The van der Waals surface area contributed by atoms with Gasteiger partial charge in [0.15, 0.2) is 0 Å². The molecule has 0 rings (SSSR count). The number of terminal acetylenes is 2. The number of carbonyl (C=O) groups excluding carboxylic acids is 2. The van der Waals surface area contributed by atoms with E-state index < -0.39 is 19.8 Å². The lowest BCUT2D eigenvalue weighted by Crippen LogP contribution is -2.07. The van der Waals surface area contributed by atoms with Gasteiger partial charge in [0.25, 0.3) is 0 Å². The highest BCUT2D eigenvalue weighted by molar-refractivity contribution is 7.47. The van der Waals surface area contributed by atoms with E-state index >= 15 is 0 Å². The Morgan fingerprint density at radius 3 is 1.62 bits per heavy atom. The van der Waals surface area contributed by atoms with Gasteiger partial charge in [-0.1, -0.05) is 0 Å². The van der Waals surface area contributed by atoms with E-state index in [1.54, 1.807) is 11.8 Å². The van der Waals surface area contributed by atoms with E-state index in [4.69, 9.17) is 12.8 Å². The minimum absolute atomic E-state index is 0.0366. The van der Waals surface area contributed by atoms with Crippen LogP contribution in [0.4, 0.5) is 0 Å². The Bertz CT molecular complexity index is 433. The first-order valence-electron chi connectivity index (χ1n) is 5.80. The molecule has 0 heterocycles. The molecule has 0 fully saturated rings. The van der Waals surface area contributed by atoms with Crippen LogP contribution < -0.4 is 0 Å². The summed E-state index contributed by atoms with van der Waals surface area (Å²) >= 11 is 0. The molecular weight excluding hydrogens is 303 g/mol. The Kier molecular flexibility index (Phi) is 9.95. The summed E-state index contributed by atoms with van der Waals surface area (Å²) in [6.45, 7) is -0.383. The summed E-state index contributed by atoms with van der Waals surface area (Å²) in [6, 6.07) is 0. The molecule has 0 aromatic heterocycles. The molecule has 0 unspecified atom stereocenters. The predicted molar refractivity (Wildman–Crippen MR) is 70.5 cm³/mol. The van der Waals surface area contributed by atoms with Gasteiger partial charge >= 0.3 is 19.8 Å². The third-order valence-corrected chi connectivity index (χ3v) is 2.81. The fraction of sp³-hybridized carbons (Fsp3) is 0.500. The maximum absolute atomic E-state index is 11.4. The molecule has 21 heavy (non-hydrogen) atoms. The number of rotatable bonds is 10. The van der Waals surface area contributed by atoms with E-state index in [0.29, 0.717) is 0 Å². The molecule has 9 heteroatoms. The number of phosphoric ester groups is 1. The summed E-state index contributed by atoms with van der Waals surface area (Å²) in [7, 11) is -4.20. The monoisotopic (exact) mass is 318 g/mol. The molecule has 0 spiro atoms. The molecule has 0 saturated carbocycles. The van der Waals surface area contributed by atoms with Crippen molar-refractivity contribution in [1.82, 2.24) is 0 Å². The molecule has 8 nitrogen and oxygen atoms in total. The molecule has 0 aliphatic carbocycles. The normalized spacial score (nSPS) is 10.2. The van der Waals surface area contributed by atoms with Gasteiger partial charge in [-0.05, 0) is 0 Å². The minimum Gasteiger partial charge on any atom is -0.456 e. The van der Waals surface area contributed by atoms with Gasteiger partial charge in [0.05, 0.1) is 26.4 Å². The first-order chi connectivity index (χ1) is 9.91. The fourth-order valence-corrected chi connectivity index (χ4v) is 1.72. The molecule has 0 atom stereocenters. The van der Waals surface area contributed by atoms with E-state index in [0.717, 1.165) is 0 Å². The molecule has 0 saturated heterocycles. The second-order valence-electron chi connectivity index (χ2n) is 3.40. The number of esters is 2. The van der Waals surface area contributed by atoms with E-state index in [-0.39, 0.29) is 39.3 Å². The van der Waals surface area contributed by atoms with Gasteiger partial charge in [0.2, 0.25) is 0 Å². The Hall–Kier alpha value is -1.83. The van der Waals surface area contributed by atoms with Crippen molar-refractivity contribution in [3.8, 4) is 24.7 Å². The Labute approximate surface area is 122 Å². The van der Waals surface area contributed by atoms with Gasteiger partial charge in [0, 0.05) is 24.7 Å². The van der Waals surface area contributed by atoms with Crippen LogP contribution in [0, 0.1) is 24.7 Å². The topological polar surface area (TPSA) is 108 Å². The smallest absolute Gasteiger partial charge is 0.456 e. The van der Waals surface area contributed by atoms with Gasteiger partial charge < -0.3 is 14.4 Å². The zero-order valence-corrected chi connectivity index (χ0v) is 12.0. The molecule has 0 aliphatic heterocycles. The summed E-state index contributed by atoms with van der Waals surface area (Å²) in [5.74, 6) is 1.85. The van der Waals surface area contributed by atoms with E-state index in [1.807, 2.05) is 0 Å². The van der Waals surface area contributed by atoms with E-state index in [9.17, 15) is 19.0 Å². The van der Waals surface area contributed by atoms with E-state index in [2.05, 4.69) is 18.5 Å². The zero-order valence-electron chi connectivity index (χ0n) is 11.1. The van der Waals surface area contributed by atoms with Crippen molar-refractivity contribution in [2.75, 3.05) is 26.4 Å². The van der Waals surface area contributed by atoms with Gasteiger partial charge in [-0.3, -0.25) is 9.05 Å². The highest BCUT2D eigenvalue weighted by Gasteiger charge is 2.20. The Morgan fingerprint density at radius 2 is 1.29 bits per heavy atom. The Morgan fingerprint density at radius 1 is 0.905 bits per heavy atom. The highest BCUT2D eigenvalue weighted by Crippen LogP contribution is 2.43. The summed E-state index contributed by atoms with van der Waals surface area (Å²) < 4.78 is 29.6. The third-order valence-electron chi connectivity index (χ3n) is 1.79. The second kappa shape index (κ2) is 10.9. The SMILES string of the molecule is C#CC(=O)OCCCOP(=O)(O)OCCCOC(=O)C#C. The number of hydrogen-bond acceptors (Lipinski definition) is 7. The summed E-state index contributed by atoms with van der Waals surface area (Å²) in [5, 5.41) is 0. The molecule has 1 N–H and O–H groups in total.